The molecule has 0 fully saturated rings. The van der Waals surface area contributed by atoms with Gasteiger partial charge >= 0.3 is 0 Å². The van der Waals surface area contributed by atoms with E-state index in [0.717, 1.165) is 26.2 Å². The van der Waals surface area contributed by atoms with Crippen LogP contribution in [0.15, 0.2) is 24.8 Å². The van der Waals surface area contributed by atoms with Crippen LogP contribution in [0.4, 0.5) is 0 Å². The molecule has 2 unspecified atom stereocenters. The van der Waals surface area contributed by atoms with Crippen molar-refractivity contribution < 1.29 is 0 Å². The highest BCUT2D eigenvalue weighted by Crippen LogP contribution is 2.19. The third-order valence-electron chi connectivity index (χ3n) is 5.80. The van der Waals surface area contributed by atoms with Crippen molar-refractivity contribution in [2.75, 3.05) is 46.3 Å². The van der Waals surface area contributed by atoms with Crippen LogP contribution < -0.4 is 0 Å². The average molecular weight is 364 g/mol. The third-order valence-corrected chi connectivity index (χ3v) is 5.80. The Morgan fingerprint density at radius 3 is 1.38 bits per heavy atom. The molecule has 26 heavy (non-hydrogen) atoms. The van der Waals surface area contributed by atoms with Gasteiger partial charge in [-0.3, -0.25) is 0 Å². The molecule has 2 aliphatic rings. The first-order chi connectivity index (χ1) is 12.6. The summed E-state index contributed by atoms with van der Waals surface area (Å²) in [5.41, 5.74) is 0. The molecule has 0 saturated heterocycles. The van der Waals surface area contributed by atoms with E-state index in [1.54, 1.807) is 0 Å². The summed E-state index contributed by atoms with van der Waals surface area (Å²) in [5, 5.41) is 0. The molecule has 2 aliphatic heterocycles. The van der Waals surface area contributed by atoms with Gasteiger partial charge in [-0.2, -0.15) is 0 Å². The Morgan fingerprint density at radius 1 is 0.654 bits per heavy atom. The second kappa shape index (κ2) is 10.7. The topological polar surface area (TPSA) is 16.2 Å². The molecule has 5 heteroatoms. The van der Waals surface area contributed by atoms with Crippen LogP contribution in [0.1, 0.15) is 53.4 Å². The van der Waals surface area contributed by atoms with E-state index in [2.05, 4.69) is 84.0 Å². The summed E-state index contributed by atoms with van der Waals surface area (Å²) >= 11 is 0. The zero-order valence-electron chi connectivity index (χ0n) is 17.8. The summed E-state index contributed by atoms with van der Waals surface area (Å²) < 4.78 is 0. The van der Waals surface area contributed by atoms with Crippen LogP contribution >= 0.6 is 0 Å². The van der Waals surface area contributed by atoms with Crippen molar-refractivity contribution in [1.29, 1.82) is 0 Å². The molecular weight excluding hydrogens is 322 g/mol. The predicted octanol–water partition coefficient (Wildman–Crippen LogP) is 3.39. The van der Waals surface area contributed by atoms with E-state index in [1.807, 2.05) is 0 Å². The molecule has 0 aromatic heterocycles. The predicted molar refractivity (Wildman–Crippen MR) is 111 cm³/mol. The lowest BCUT2D eigenvalue weighted by molar-refractivity contribution is 0.141. The SMILES string of the molecule is CCC1N(CC)C=CN1CCCN(C)CCCN1C=CN(CC)C1CC. The fraction of sp³-hybridized carbons (Fsp3) is 0.810. The normalized spacial score (nSPS) is 22.5. The van der Waals surface area contributed by atoms with E-state index in [9.17, 15) is 0 Å². The van der Waals surface area contributed by atoms with E-state index in [-0.39, 0.29) is 0 Å². The Hall–Kier alpha value is -1.36. The first-order valence-electron chi connectivity index (χ1n) is 10.7. The first-order valence-corrected chi connectivity index (χ1v) is 10.7. The van der Waals surface area contributed by atoms with Gasteiger partial charge in [-0.1, -0.05) is 13.8 Å². The summed E-state index contributed by atoms with van der Waals surface area (Å²) in [4.78, 5) is 12.4. The minimum atomic E-state index is 0.569. The zero-order chi connectivity index (χ0) is 18.9. The molecule has 0 spiro atoms. The molecule has 2 atom stereocenters. The van der Waals surface area contributed by atoms with Crippen LogP contribution in [0, 0.1) is 0 Å². The maximum atomic E-state index is 2.51. The summed E-state index contributed by atoms with van der Waals surface area (Å²) in [6, 6.07) is 0. The van der Waals surface area contributed by atoms with Crippen LogP contribution in [0.3, 0.4) is 0 Å². The third kappa shape index (κ3) is 5.32. The van der Waals surface area contributed by atoms with Crippen molar-refractivity contribution in [1.82, 2.24) is 24.5 Å². The van der Waals surface area contributed by atoms with Gasteiger partial charge < -0.3 is 24.5 Å². The highest BCUT2D eigenvalue weighted by molar-refractivity contribution is 4.97. The van der Waals surface area contributed by atoms with Crippen molar-refractivity contribution in [3.63, 3.8) is 0 Å². The highest BCUT2D eigenvalue weighted by atomic mass is 15.4. The summed E-state index contributed by atoms with van der Waals surface area (Å²) in [7, 11) is 2.27. The molecule has 0 bridgehead atoms. The lowest BCUT2D eigenvalue weighted by Gasteiger charge is -2.32. The van der Waals surface area contributed by atoms with Crippen molar-refractivity contribution in [3.05, 3.63) is 24.8 Å². The minimum absolute atomic E-state index is 0.569. The van der Waals surface area contributed by atoms with Crippen LogP contribution in [-0.4, -0.2) is 83.1 Å². The maximum Gasteiger partial charge on any atom is 0.100 e. The molecule has 0 aliphatic carbocycles. The van der Waals surface area contributed by atoms with Gasteiger partial charge in [0.2, 0.25) is 0 Å². The zero-order valence-corrected chi connectivity index (χ0v) is 17.8. The molecular formula is C21H41N5. The molecule has 0 aromatic rings. The van der Waals surface area contributed by atoms with E-state index in [4.69, 9.17) is 0 Å². The molecule has 0 aromatic carbocycles. The molecule has 2 heterocycles. The molecule has 150 valence electrons. The highest BCUT2D eigenvalue weighted by Gasteiger charge is 2.23. The molecule has 0 saturated carbocycles. The number of rotatable bonds is 12. The Balaban J connectivity index is 1.60. The van der Waals surface area contributed by atoms with Gasteiger partial charge in [0, 0.05) is 51.0 Å². The van der Waals surface area contributed by atoms with Crippen LogP contribution in [0.2, 0.25) is 0 Å². The van der Waals surface area contributed by atoms with E-state index < -0.39 is 0 Å². The maximum absolute atomic E-state index is 2.51. The molecule has 2 rings (SSSR count). The smallest absolute Gasteiger partial charge is 0.100 e. The second-order valence-corrected chi connectivity index (χ2v) is 7.52. The van der Waals surface area contributed by atoms with Crippen LogP contribution in [0.25, 0.3) is 0 Å². The molecule has 5 nitrogen and oxygen atoms in total. The van der Waals surface area contributed by atoms with Gasteiger partial charge in [-0.25, -0.2) is 0 Å². The van der Waals surface area contributed by atoms with E-state index >= 15 is 0 Å². The van der Waals surface area contributed by atoms with Crippen molar-refractivity contribution in [3.8, 4) is 0 Å². The Labute approximate surface area is 161 Å². The number of hydrogen-bond donors (Lipinski definition) is 0. The van der Waals surface area contributed by atoms with Gasteiger partial charge in [-0.05, 0) is 59.7 Å². The average Bonchev–Trinajstić information content (AvgIpc) is 3.24. The van der Waals surface area contributed by atoms with Crippen LogP contribution in [-0.2, 0) is 0 Å². The van der Waals surface area contributed by atoms with Crippen molar-refractivity contribution in [2.24, 2.45) is 0 Å². The second-order valence-electron chi connectivity index (χ2n) is 7.52. The molecule has 0 radical (unpaired) electrons. The Bertz CT molecular complexity index is 410. The molecule has 0 N–H and O–H groups in total. The summed E-state index contributed by atoms with van der Waals surface area (Å²) in [6.07, 6.45) is 15.1. The standard InChI is InChI=1S/C21H41N5/c1-6-20-23(8-3)16-18-25(20)14-10-12-22(5)13-11-15-26-19-17-24(9-4)21(26)7-2/h16-21H,6-15H2,1-5H3. The molecule has 0 amide bonds. The summed E-state index contributed by atoms with van der Waals surface area (Å²) in [5.74, 6) is 0. The van der Waals surface area contributed by atoms with Crippen LogP contribution in [0.5, 0.6) is 0 Å². The van der Waals surface area contributed by atoms with Gasteiger partial charge in [0.15, 0.2) is 0 Å². The fourth-order valence-electron chi connectivity index (χ4n) is 4.30. The Morgan fingerprint density at radius 2 is 1.04 bits per heavy atom. The lowest BCUT2D eigenvalue weighted by Crippen LogP contribution is -2.39. The lowest BCUT2D eigenvalue weighted by atomic mass is 10.2. The van der Waals surface area contributed by atoms with Crippen molar-refractivity contribution >= 4 is 0 Å². The number of hydrogen-bond acceptors (Lipinski definition) is 5. The summed E-state index contributed by atoms with van der Waals surface area (Å²) in [6.45, 7) is 15.9. The van der Waals surface area contributed by atoms with E-state index in [1.165, 1.54) is 38.8 Å². The van der Waals surface area contributed by atoms with Gasteiger partial charge in [0.25, 0.3) is 0 Å². The van der Waals surface area contributed by atoms with E-state index in [0.29, 0.717) is 12.3 Å². The first kappa shape index (κ1) is 20.9. The fourth-order valence-corrected chi connectivity index (χ4v) is 4.30. The largest absolute Gasteiger partial charge is 0.356 e. The van der Waals surface area contributed by atoms with Gasteiger partial charge in [0.05, 0.1) is 0 Å². The Kier molecular flexibility index (Phi) is 8.63. The minimum Gasteiger partial charge on any atom is -0.356 e. The number of nitrogens with zero attached hydrogens (tertiary/aromatic N) is 5. The quantitative estimate of drug-likeness (QED) is 0.527. The van der Waals surface area contributed by atoms with Gasteiger partial charge in [-0.15, -0.1) is 0 Å². The monoisotopic (exact) mass is 363 g/mol. The van der Waals surface area contributed by atoms with Crippen molar-refractivity contribution in [2.45, 2.75) is 65.7 Å². The van der Waals surface area contributed by atoms with Gasteiger partial charge in [0.1, 0.15) is 12.3 Å².